The minimum absolute atomic E-state index is 0.0422. The average Bonchev–Trinajstić information content (AvgIpc) is 2.63. The molecule has 0 aliphatic carbocycles. The number of fused-ring (bicyclic) bond motifs is 1. The van der Waals surface area contributed by atoms with Crippen LogP contribution in [0, 0.1) is 17.9 Å². The van der Waals surface area contributed by atoms with Gasteiger partial charge in [0.2, 0.25) is 5.69 Å². The van der Waals surface area contributed by atoms with E-state index in [9.17, 15) is 14.4 Å². The Morgan fingerprint density at radius 2 is 1.79 bits per heavy atom. The SMILES string of the molecule is Cc1ccc(C2=[N+]([O-])c3ccc(F)cc3C2=O)cc1. The zero-order chi connectivity index (χ0) is 13.6. The molecule has 0 saturated heterocycles. The lowest BCUT2D eigenvalue weighted by Crippen LogP contribution is -2.16. The minimum Gasteiger partial charge on any atom is -0.618 e. The van der Waals surface area contributed by atoms with Crippen LogP contribution in [0.1, 0.15) is 21.5 Å². The number of hydrogen-bond acceptors (Lipinski definition) is 2. The van der Waals surface area contributed by atoms with Gasteiger partial charge in [-0.15, -0.1) is 0 Å². The lowest BCUT2D eigenvalue weighted by atomic mass is 10.0. The van der Waals surface area contributed by atoms with Crippen molar-refractivity contribution in [2.75, 3.05) is 0 Å². The Morgan fingerprint density at radius 3 is 2.47 bits per heavy atom. The Balaban J connectivity index is 2.17. The Kier molecular flexibility index (Phi) is 2.45. The molecule has 1 aliphatic heterocycles. The van der Waals surface area contributed by atoms with Crippen LogP contribution in [-0.4, -0.2) is 16.2 Å². The summed E-state index contributed by atoms with van der Waals surface area (Å²) in [4.78, 5) is 12.2. The fourth-order valence-electron chi connectivity index (χ4n) is 2.17. The van der Waals surface area contributed by atoms with Crippen LogP contribution in [0.5, 0.6) is 0 Å². The zero-order valence-corrected chi connectivity index (χ0v) is 10.2. The fourth-order valence-corrected chi connectivity index (χ4v) is 2.17. The molecule has 4 heteroatoms. The van der Waals surface area contributed by atoms with Crippen molar-refractivity contribution in [2.45, 2.75) is 6.92 Å². The second kappa shape index (κ2) is 4.02. The summed E-state index contributed by atoms with van der Waals surface area (Å²) in [6.45, 7) is 1.92. The molecule has 2 aromatic carbocycles. The highest BCUT2D eigenvalue weighted by Crippen LogP contribution is 2.28. The van der Waals surface area contributed by atoms with E-state index in [0.717, 1.165) is 11.6 Å². The predicted molar refractivity (Wildman–Crippen MR) is 69.3 cm³/mol. The van der Waals surface area contributed by atoms with Crippen LogP contribution < -0.4 is 0 Å². The van der Waals surface area contributed by atoms with Gasteiger partial charge in [0.15, 0.2) is 0 Å². The molecule has 0 N–H and O–H groups in total. The van der Waals surface area contributed by atoms with Crippen molar-refractivity contribution in [1.82, 2.24) is 0 Å². The Labute approximate surface area is 109 Å². The van der Waals surface area contributed by atoms with Crippen LogP contribution in [0.3, 0.4) is 0 Å². The van der Waals surface area contributed by atoms with E-state index in [0.29, 0.717) is 10.3 Å². The van der Waals surface area contributed by atoms with Crippen molar-refractivity contribution in [3.63, 3.8) is 0 Å². The molecule has 0 spiro atoms. The molecule has 1 aliphatic rings. The van der Waals surface area contributed by atoms with Gasteiger partial charge >= 0.3 is 0 Å². The number of rotatable bonds is 1. The number of ketones is 1. The van der Waals surface area contributed by atoms with Crippen LogP contribution in [0.2, 0.25) is 0 Å². The number of carbonyl (C=O) groups excluding carboxylic acids is 1. The van der Waals surface area contributed by atoms with Gasteiger partial charge in [-0.1, -0.05) is 17.7 Å². The maximum atomic E-state index is 13.2. The van der Waals surface area contributed by atoms with E-state index in [1.165, 1.54) is 12.1 Å². The summed E-state index contributed by atoms with van der Waals surface area (Å²) in [6.07, 6.45) is 0. The van der Waals surface area contributed by atoms with Gasteiger partial charge in [0.05, 0.1) is 5.56 Å². The maximum absolute atomic E-state index is 13.2. The van der Waals surface area contributed by atoms with E-state index in [2.05, 4.69) is 0 Å². The molecule has 0 amide bonds. The van der Waals surface area contributed by atoms with Gasteiger partial charge in [-0.05, 0) is 31.2 Å². The van der Waals surface area contributed by atoms with Gasteiger partial charge in [0.25, 0.3) is 11.5 Å². The Morgan fingerprint density at radius 1 is 1.11 bits per heavy atom. The van der Waals surface area contributed by atoms with Crippen LogP contribution in [0.15, 0.2) is 42.5 Å². The Bertz CT molecular complexity index is 717. The summed E-state index contributed by atoms with van der Waals surface area (Å²) < 4.78 is 13.7. The van der Waals surface area contributed by atoms with E-state index in [1.807, 2.05) is 19.1 Å². The summed E-state index contributed by atoms with van der Waals surface area (Å²) >= 11 is 0. The predicted octanol–water partition coefficient (Wildman–Crippen LogP) is 2.96. The molecule has 0 radical (unpaired) electrons. The van der Waals surface area contributed by atoms with E-state index < -0.39 is 11.6 Å². The minimum atomic E-state index is -0.523. The van der Waals surface area contributed by atoms with Gasteiger partial charge in [0, 0.05) is 6.07 Å². The standard InChI is InChI=1S/C15H10FNO2/c1-9-2-4-10(5-3-9)14-15(18)12-8-11(16)6-7-13(12)17(14)19/h2-8H,1H3. The molecule has 94 valence electrons. The van der Waals surface area contributed by atoms with Crippen molar-refractivity contribution < 1.29 is 13.9 Å². The average molecular weight is 255 g/mol. The first-order chi connectivity index (χ1) is 9.08. The summed E-state index contributed by atoms with van der Waals surface area (Å²) in [5, 5.41) is 12.1. The smallest absolute Gasteiger partial charge is 0.272 e. The first kappa shape index (κ1) is 11.6. The third kappa shape index (κ3) is 1.73. The molecule has 0 fully saturated rings. The molecule has 0 bridgehead atoms. The molecule has 1 heterocycles. The maximum Gasteiger partial charge on any atom is 0.272 e. The van der Waals surface area contributed by atoms with E-state index in [-0.39, 0.29) is 17.0 Å². The highest BCUT2D eigenvalue weighted by molar-refractivity contribution is 6.52. The molecular weight excluding hydrogens is 245 g/mol. The molecule has 3 nitrogen and oxygen atoms in total. The van der Waals surface area contributed by atoms with Crippen molar-refractivity contribution in [3.8, 4) is 0 Å². The molecule has 2 aromatic rings. The van der Waals surface area contributed by atoms with E-state index in [1.54, 1.807) is 12.1 Å². The molecule has 0 saturated carbocycles. The number of hydrogen-bond donors (Lipinski definition) is 0. The third-order valence-corrected chi connectivity index (χ3v) is 3.17. The lowest BCUT2D eigenvalue weighted by Gasteiger charge is -2.02. The van der Waals surface area contributed by atoms with E-state index in [4.69, 9.17) is 0 Å². The quantitative estimate of drug-likeness (QED) is 0.580. The zero-order valence-electron chi connectivity index (χ0n) is 10.2. The van der Waals surface area contributed by atoms with Crippen molar-refractivity contribution >= 4 is 17.2 Å². The molecule has 0 atom stereocenters. The van der Waals surface area contributed by atoms with Crippen LogP contribution >= 0.6 is 0 Å². The number of aryl methyl sites for hydroxylation is 1. The van der Waals surface area contributed by atoms with Gasteiger partial charge in [0.1, 0.15) is 11.4 Å². The first-order valence-corrected chi connectivity index (χ1v) is 5.83. The number of halogens is 1. The van der Waals surface area contributed by atoms with Gasteiger partial charge < -0.3 is 5.21 Å². The normalized spacial score (nSPS) is 13.9. The lowest BCUT2D eigenvalue weighted by molar-refractivity contribution is -0.355. The van der Waals surface area contributed by atoms with Gasteiger partial charge in [-0.2, -0.15) is 4.74 Å². The summed E-state index contributed by atoms with van der Waals surface area (Å²) in [7, 11) is 0. The van der Waals surface area contributed by atoms with Crippen LogP contribution in [0.25, 0.3) is 0 Å². The van der Waals surface area contributed by atoms with Crippen LogP contribution in [-0.2, 0) is 0 Å². The van der Waals surface area contributed by atoms with Gasteiger partial charge in [-0.25, -0.2) is 4.39 Å². The van der Waals surface area contributed by atoms with Crippen molar-refractivity contribution in [2.24, 2.45) is 0 Å². The summed E-state index contributed by atoms with van der Waals surface area (Å²) in [5.41, 5.74) is 1.94. The molecule has 3 rings (SSSR count). The highest BCUT2D eigenvalue weighted by Gasteiger charge is 2.36. The topological polar surface area (TPSA) is 43.1 Å². The fraction of sp³-hybridized carbons (Fsp3) is 0.0667. The number of benzene rings is 2. The van der Waals surface area contributed by atoms with Crippen molar-refractivity contribution in [3.05, 3.63) is 70.2 Å². The monoisotopic (exact) mass is 255 g/mol. The van der Waals surface area contributed by atoms with E-state index >= 15 is 0 Å². The second-order valence-electron chi connectivity index (χ2n) is 4.50. The summed E-state index contributed by atoms with van der Waals surface area (Å²) in [5.74, 6) is -0.959. The third-order valence-electron chi connectivity index (χ3n) is 3.17. The molecule has 19 heavy (non-hydrogen) atoms. The molecule has 0 unspecified atom stereocenters. The number of carbonyl (C=O) groups is 1. The van der Waals surface area contributed by atoms with Gasteiger partial charge in [-0.3, -0.25) is 4.79 Å². The number of Topliss-reactive ketones (excluding diaryl/α,β-unsaturated/α-hetero) is 1. The number of nitrogens with zero attached hydrogens (tertiary/aromatic N) is 1. The second-order valence-corrected chi connectivity index (χ2v) is 4.50. The largest absolute Gasteiger partial charge is 0.618 e. The van der Waals surface area contributed by atoms with Crippen LogP contribution in [0.4, 0.5) is 10.1 Å². The first-order valence-electron chi connectivity index (χ1n) is 5.83. The van der Waals surface area contributed by atoms with Crippen molar-refractivity contribution in [1.29, 1.82) is 0 Å². The highest BCUT2D eigenvalue weighted by atomic mass is 19.1. The molecular formula is C15H10FNO2. The summed E-state index contributed by atoms with van der Waals surface area (Å²) in [6, 6.07) is 10.7. The molecule has 0 aromatic heterocycles. The Hall–Kier alpha value is -2.49.